The molecule has 0 radical (unpaired) electrons. The van der Waals surface area contributed by atoms with Crippen LogP contribution >= 0.6 is 0 Å². The second-order valence-electron chi connectivity index (χ2n) is 6.95. The maximum Gasteiger partial charge on any atom is 0.407 e. The molecule has 0 aromatic heterocycles. The number of methoxy groups -OCH3 is 1. The highest BCUT2D eigenvalue weighted by Crippen LogP contribution is 2.44. The minimum absolute atomic E-state index is 0.0587. The van der Waals surface area contributed by atoms with Crippen LogP contribution in [0.15, 0.2) is 48.5 Å². The Morgan fingerprint density at radius 1 is 0.897 bits per heavy atom. The van der Waals surface area contributed by atoms with Gasteiger partial charge >= 0.3 is 12.1 Å². The molecule has 1 aliphatic rings. The first-order valence-corrected chi connectivity index (χ1v) is 9.42. The van der Waals surface area contributed by atoms with Crippen molar-refractivity contribution in [3.8, 4) is 11.1 Å². The van der Waals surface area contributed by atoms with Gasteiger partial charge in [0.2, 0.25) is 5.91 Å². The Morgan fingerprint density at radius 3 is 2.00 bits per heavy atom. The first-order chi connectivity index (χ1) is 13.9. The van der Waals surface area contributed by atoms with E-state index in [4.69, 9.17) is 4.74 Å². The summed E-state index contributed by atoms with van der Waals surface area (Å²) < 4.78 is 9.97. The topological polar surface area (TPSA) is 93.7 Å². The van der Waals surface area contributed by atoms with Crippen LogP contribution < -0.4 is 10.6 Å². The van der Waals surface area contributed by atoms with E-state index in [-0.39, 0.29) is 12.5 Å². The van der Waals surface area contributed by atoms with Gasteiger partial charge in [0.25, 0.3) is 0 Å². The van der Waals surface area contributed by atoms with Gasteiger partial charge in [-0.3, -0.25) is 4.79 Å². The van der Waals surface area contributed by atoms with Crippen LogP contribution in [0.25, 0.3) is 11.1 Å². The Bertz CT molecular complexity index is 881. The molecular formula is C22H24N2O5. The van der Waals surface area contributed by atoms with Crippen molar-refractivity contribution in [3.63, 3.8) is 0 Å². The molecule has 2 aromatic carbocycles. The number of fused-ring (bicyclic) bond motifs is 3. The minimum atomic E-state index is -0.863. The predicted molar refractivity (Wildman–Crippen MR) is 107 cm³/mol. The Labute approximate surface area is 169 Å². The molecule has 1 aliphatic carbocycles. The summed E-state index contributed by atoms with van der Waals surface area (Å²) in [6, 6.07) is 14.4. The van der Waals surface area contributed by atoms with E-state index >= 15 is 0 Å². The molecule has 0 unspecified atom stereocenters. The number of ether oxygens (including phenoxy) is 2. The van der Waals surface area contributed by atoms with Gasteiger partial charge in [-0.25, -0.2) is 9.59 Å². The van der Waals surface area contributed by atoms with Gasteiger partial charge in [-0.05, 0) is 36.1 Å². The van der Waals surface area contributed by atoms with E-state index in [1.165, 1.54) is 21.0 Å². The third-order valence-electron chi connectivity index (χ3n) is 4.98. The number of alkyl carbamates (subject to hydrolysis) is 1. The van der Waals surface area contributed by atoms with Crippen LogP contribution in [0, 0.1) is 0 Å². The molecule has 0 saturated carbocycles. The summed E-state index contributed by atoms with van der Waals surface area (Å²) in [7, 11) is 1.24. The average molecular weight is 396 g/mol. The lowest BCUT2D eigenvalue weighted by Crippen LogP contribution is -2.49. The van der Waals surface area contributed by atoms with E-state index in [0.717, 1.165) is 22.3 Å². The van der Waals surface area contributed by atoms with Crippen LogP contribution in [0.4, 0.5) is 4.79 Å². The number of hydrogen-bond donors (Lipinski definition) is 2. The van der Waals surface area contributed by atoms with Crippen molar-refractivity contribution >= 4 is 18.0 Å². The minimum Gasteiger partial charge on any atom is -0.467 e. The summed E-state index contributed by atoms with van der Waals surface area (Å²) >= 11 is 0. The Balaban J connectivity index is 1.58. The number of carbonyl (C=O) groups is 3. The van der Waals surface area contributed by atoms with E-state index < -0.39 is 30.1 Å². The summed E-state index contributed by atoms with van der Waals surface area (Å²) in [6.45, 7) is 3.18. The third-order valence-corrected chi connectivity index (χ3v) is 4.98. The molecule has 2 N–H and O–H groups in total. The molecule has 0 heterocycles. The molecule has 3 rings (SSSR count). The maximum absolute atomic E-state index is 12.2. The number of carbonyl (C=O) groups excluding carboxylic acids is 3. The van der Waals surface area contributed by atoms with Gasteiger partial charge in [0, 0.05) is 5.92 Å². The second kappa shape index (κ2) is 8.77. The fourth-order valence-corrected chi connectivity index (χ4v) is 3.46. The molecule has 0 fully saturated rings. The zero-order valence-corrected chi connectivity index (χ0v) is 16.6. The smallest absolute Gasteiger partial charge is 0.407 e. The quantitative estimate of drug-likeness (QED) is 0.732. The predicted octanol–water partition coefficient (Wildman–Crippen LogP) is 2.59. The second-order valence-corrected chi connectivity index (χ2v) is 6.95. The summed E-state index contributed by atoms with van der Waals surface area (Å²) in [5.41, 5.74) is 4.50. The van der Waals surface area contributed by atoms with Gasteiger partial charge in [0.1, 0.15) is 18.7 Å². The van der Waals surface area contributed by atoms with E-state index in [0.29, 0.717) is 0 Å². The maximum atomic E-state index is 12.2. The lowest BCUT2D eigenvalue weighted by Gasteiger charge is -2.18. The molecule has 0 saturated heterocycles. The lowest BCUT2D eigenvalue weighted by atomic mass is 9.98. The largest absolute Gasteiger partial charge is 0.467 e. The van der Waals surface area contributed by atoms with Crippen molar-refractivity contribution < 1.29 is 23.9 Å². The fraction of sp³-hybridized carbons (Fsp3) is 0.318. The summed E-state index contributed by atoms with van der Waals surface area (Å²) in [4.78, 5) is 35.7. The number of hydrogen-bond acceptors (Lipinski definition) is 5. The third kappa shape index (κ3) is 4.39. The summed E-state index contributed by atoms with van der Waals surface area (Å²) in [6.07, 6.45) is -0.694. The monoisotopic (exact) mass is 396 g/mol. The fourth-order valence-electron chi connectivity index (χ4n) is 3.46. The van der Waals surface area contributed by atoms with Crippen molar-refractivity contribution in [1.29, 1.82) is 0 Å². The van der Waals surface area contributed by atoms with E-state index in [1.807, 2.05) is 36.4 Å². The van der Waals surface area contributed by atoms with Crippen LogP contribution in [0.1, 0.15) is 30.9 Å². The van der Waals surface area contributed by atoms with Gasteiger partial charge in [0.05, 0.1) is 7.11 Å². The zero-order valence-electron chi connectivity index (χ0n) is 16.6. The summed E-state index contributed by atoms with van der Waals surface area (Å²) in [5, 5.41) is 4.96. The standard InChI is InChI=1S/C22H24N2O5/c1-13(20(25)23-14(2)21(26)28-3)24-22(27)29-12-19-17-10-6-4-8-15(17)16-9-5-7-11-18(16)19/h4-11,13-14,19H,12H2,1-3H3,(H,23,25)(H,24,27)/t13-,14-/m0/s1. The molecular weight excluding hydrogens is 372 g/mol. The molecule has 2 atom stereocenters. The van der Waals surface area contributed by atoms with E-state index in [9.17, 15) is 14.4 Å². The Morgan fingerprint density at radius 2 is 1.45 bits per heavy atom. The molecule has 2 amide bonds. The highest BCUT2D eigenvalue weighted by Gasteiger charge is 2.29. The molecule has 0 aliphatic heterocycles. The Hall–Kier alpha value is -3.35. The Kier molecular flexibility index (Phi) is 6.16. The van der Waals surface area contributed by atoms with Gasteiger partial charge in [-0.2, -0.15) is 0 Å². The van der Waals surface area contributed by atoms with Crippen molar-refractivity contribution in [3.05, 3.63) is 59.7 Å². The van der Waals surface area contributed by atoms with E-state index in [2.05, 4.69) is 27.5 Å². The van der Waals surface area contributed by atoms with E-state index in [1.54, 1.807) is 0 Å². The van der Waals surface area contributed by atoms with Crippen molar-refractivity contribution in [1.82, 2.24) is 10.6 Å². The molecule has 7 nitrogen and oxygen atoms in total. The molecule has 29 heavy (non-hydrogen) atoms. The van der Waals surface area contributed by atoms with Gasteiger partial charge in [0.15, 0.2) is 0 Å². The first kappa shape index (κ1) is 20.4. The lowest BCUT2D eigenvalue weighted by molar-refractivity contribution is -0.144. The van der Waals surface area contributed by atoms with Crippen molar-refractivity contribution in [2.45, 2.75) is 31.8 Å². The average Bonchev–Trinajstić information content (AvgIpc) is 3.05. The number of nitrogens with one attached hydrogen (secondary N) is 2. The highest BCUT2D eigenvalue weighted by molar-refractivity contribution is 5.89. The van der Waals surface area contributed by atoms with Crippen LogP contribution in [0.5, 0.6) is 0 Å². The van der Waals surface area contributed by atoms with Gasteiger partial charge in [-0.15, -0.1) is 0 Å². The normalized spacial score (nSPS) is 14.2. The zero-order chi connectivity index (χ0) is 21.0. The number of esters is 1. The molecule has 0 spiro atoms. The van der Waals surface area contributed by atoms with Crippen LogP contribution in [-0.2, 0) is 19.1 Å². The van der Waals surface area contributed by atoms with Crippen LogP contribution in [0.3, 0.4) is 0 Å². The highest BCUT2D eigenvalue weighted by atomic mass is 16.5. The number of benzene rings is 2. The molecule has 0 bridgehead atoms. The molecule has 7 heteroatoms. The SMILES string of the molecule is COC(=O)[C@H](C)NC(=O)[C@H](C)NC(=O)OCC1c2ccccc2-c2ccccc21. The van der Waals surface area contributed by atoms with Crippen LogP contribution in [-0.4, -0.2) is 43.8 Å². The molecule has 2 aromatic rings. The number of amides is 2. The number of rotatable bonds is 6. The van der Waals surface area contributed by atoms with Crippen molar-refractivity contribution in [2.75, 3.05) is 13.7 Å². The van der Waals surface area contributed by atoms with Gasteiger partial charge < -0.3 is 20.1 Å². The van der Waals surface area contributed by atoms with Crippen molar-refractivity contribution in [2.24, 2.45) is 0 Å². The molecule has 152 valence electrons. The first-order valence-electron chi connectivity index (χ1n) is 9.42. The van der Waals surface area contributed by atoms with Gasteiger partial charge in [-0.1, -0.05) is 48.5 Å². The van der Waals surface area contributed by atoms with Crippen LogP contribution in [0.2, 0.25) is 0 Å². The summed E-state index contributed by atoms with van der Waals surface area (Å²) in [5.74, 6) is -1.13.